The zero-order valence-corrected chi connectivity index (χ0v) is 13.7. The standard InChI is InChI=1S/C21H21NO2/c1-16-7-6-8-17(13-16)15-24-21-12-5-2-9-18(21)14-22-19-10-3-4-11-20(19)23/h2-13,22-23H,14-15H2,1H3. The number of rotatable bonds is 6. The Balaban J connectivity index is 1.68. The van der Waals surface area contributed by atoms with Gasteiger partial charge in [-0.2, -0.15) is 0 Å². The summed E-state index contributed by atoms with van der Waals surface area (Å²) in [6, 6.07) is 23.5. The Morgan fingerprint density at radius 3 is 2.54 bits per heavy atom. The number of aromatic hydroxyl groups is 1. The molecule has 2 N–H and O–H groups in total. The van der Waals surface area contributed by atoms with E-state index in [0.717, 1.165) is 16.9 Å². The SMILES string of the molecule is Cc1cccc(COc2ccccc2CNc2ccccc2O)c1. The van der Waals surface area contributed by atoms with Gasteiger partial charge in [-0.1, -0.05) is 60.2 Å². The van der Waals surface area contributed by atoms with Gasteiger partial charge < -0.3 is 15.2 Å². The maximum atomic E-state index is 9.84. The van der Waals surface area contributed by atoms with Crippen molar-refractivity contribution in [2.75, 3.05) is 5.32 Å². The van der Waals surface area contributed by atoms with Crippen molar-refractivity contribution < 1.29 is 9.84 Å². The van der Waals surface area contributed by atoms with Crippen molar-refractivity contribution in [3.8, 4) is 11.5 Å². The van der Waals surface area contributed by atoms with Gasteiger partial charge in [-0.15, -0.1) is 0 Å². The predicted molar refractivity (Wildman–Crippen MR) is 97.4 cm³/mol. The highest BCUT2D eigenvalue weighted by Gasteiger charge is 2.05. The minimum absolute atomic E-state index is 0.246. The van der Waals surface area contributed by atoms with Crippen molar-refractivity contribution in [1.29, 1.82) is 0 Å². The summed E-state index contributed by atoms with van der Waals surface area (Å²) in [4.78, 5) is 0. The highest BCUT2D eigenvalue weighted by atomic mass is 16.5. The minimum atomic E-state index is 0.246. The monoisotopic (exact) mass is 319 g/mol. The lowest BCUT2D eigenvalue weighted by molar-refractivity contribution is 0.303. The summed E-state index contributed by atoms with van der Waals surface area (Å²) in [5.74, 6) is 1.09. The zero-order valence-electron chi connectivity index (χ0n) is 13.7. The molecule has 0 aliphatic rings. The van der Waals surface area contributed by atoms with Crippen LogP contribution < -0.4 is 10.1 Å². The summed E-state index contributed by atoms with van der Waals surface area (Å²) in [5, 5.41) is 13.1. The summed E-state index contributed by atoms with van der Waals surface area (Å²) in [6.45, 7) is 3.20. The number of hydrogen-bond acceptors (Lipinski definition) is 3. The fourth-order valence-electron chi connectivity index (χ4n) is 2.57. The first kappa shape index (κ1) is 15.9. The molecule has 0 aromatic heterocycles. The number of para-hydroxylation sites is 3. The lowest BCUT2D eigenvalue weighted by Crippen LogP contribution is -2.04. The van der Waals surface area contributed by atoms with Gasteiger partial charge in [-0.05, 0) is 30.7 Å². The third-order valence-electron chi connectivity index (χ3n) is 3.82. The second kappa shape index (κ2) is 7.55. The molecule has 3 heteroatoms. The molecule has 0 bridgehead atoms. The van der Waals surface area contributed by atoms with Crippen LogP contribution in [0, 0.1) is 6.92 Å². The van der Waals surface area contributed by atoms with E-state index in [1.807, 2.05) is 42.5 Å². The molecule has 0 saturated carbocycles. The van der Waals surface area contributed by atoms with E-state index in [1.54, 1.807) is 12.1 Å². The van der Waals surface area contributed by atoms with Crippen molar-refractivity contribution in [3.63, 3.8) is 0 Å². The van der Waals surface area contributed by atoms with Gasteiger partial charge in [0.15, 0.2) is 0 Å². The average molecular weight is 319 g/mol. The van der Waals surface area contributed by atoms with E-state index < -0.39 is 0 Å². The predicted octanol–water partition coefficient (Wildman–Crippen LogP) is 4.89. The molecule has 3 aromatic carbocycles. The molecule has 24 heavy (non-hydrogen) atoms. The highest BCUT2D eigenvalue weighted by molar-refractivity contribution is 5.55. The van der Waals surface area contributed by atoms with Crippen LogP contribution >= 0.6 is 0 Å². The van der Waals surface area contributed by atoms with Crippen LogP contribution in [0.2, 0.25) is 0 Å². The lowest BCUT2D eigenvalue weighted by atomic mass is 10.1. The maximum Gasteiger partial charge on any atom is 0.138 e. The summed E-state index contributed by atoms with van der Waals surface area (Å²) < 4.78 is 5.99. The first-order valence-corrected chi connectivity index (χ1v) is 8.00. The molecule has 3 rings (SSSR count). The van der Waals surface area contributed by atoms with Crippen LogP contribution in [0.4, 0.5) is 5.69 Å². The van der Waals surface area contributed by atoms with Gasteiger partial charge in [0.1, 0.15) is 18.1 Å². The zero-order chi connectivity index (χ0) is 16.8. The Hall–Kier alpha value is -2.94. The van der Waals surface area contributed by atoms with E-state index >= 15 is 0 Å². The van der Waals surface area contributed by atoms with Crippen LogP contribution in [-0.4, -0.2) is 5.11 Å². The number of nitrogens with one attached hydrogen (secondary N) is 1. The topological polar surface area (TPSA) is 41.5 Å². The Morgan fingerprint density at radius 2 is 1.71 bits per heavy atom. The van der Waals surface area contributed by atoms with Gasteiger partial charge >= 0.3 is 0 Å². The van der Waals surface area contributed by atoms with Crippen molar-refractivity contribution in [1.82, 2.24) is 0 Å². The Kier molecular flexibility index (Phi) is 5.02. The number of hydrogen-bond donors (Lipinski definition) is 2. The minimum Gasteiger partial charge on any atom is -0.506 e. The maximum absolute atomic E-state index is 9.84. The van der Waals surface area contributed by atoms with Crippen LogP contribution in [0.15, 0.2) is 72.8 Å². The lowest BCUT2D eigenvalue weighted by Gasteiger charge is -2.13. The second-order valence-electron chi connectivity index (χ2n) is 5.76. The van der Waals surface area contributed by atoms with E-state index in [0.29, 0.717) is 18.8 Å². The van der Waals surface area contributed by atoms with E-state index in [2.05, 4.69) is 30.4 Å². The number of aryl methyl sites for hydroxylation is 1. The van der Waals surface area contributed by atoms with E-state index in [1.165, 1.54) is 5.56 Å². The average Bonchev–Trinajstić information content (AvgIpc) is 2.60. The quantitative estimate of drug-likeness (QED) is 0.636. The first-order valence-electron chi connectivity index (χ1n) is 8.00. The molecule has 0 aliphatic heterocycles. The van der Waals surface area contributed by atoms with E-state index in [-0.39, 0.29) is 5.75 Å². The molecule has 122 valence electrons. The molecule has 0 heterocycles. The van der Waals surface area contributed by atoms with Crippen LogP contribution in [-0.2, 0) is 13.2 Å². The van der Waals surface area contributed by atoms with Crippen LogP contribution in [0.25, 0.3) is 0 Å². The normalized spacial score (nSPS) is 10.4. The molecular formula is C21H21NO2. The first-order chi connectivity index (χ1) is 11.7. The second-order valence-corrected chi connectivity index (χ2v) is 5.76. The van der Waals surface area contributed by atoms with E-state index in [9.17, 15) is 5.11 Å². The molecule has 3 nitrogen and oxygen atoms in total. The molecule has 0 aliphatic carbocycles. The van der Waals surface area contributed by atoms with Gasteiger partial charge in [0.05, 0.1) is 5.69 Å². The molecule has 0 radical (unpaired) electrons. The molecular weight excluding hydrogens is 298 g/mol. The van der Waals surface area contributed by atoms with Crippen LogP contribution in [0.3, 0.4) is 0 Å². The van der Waals surface area contributed by atoms with Crippen molar-refractivity contribution >= 4 is 5.69 Å². The molecule has 0 fully saturated rings. The van der Waals surface area contributed by atoms with Gasteiger partial charge in [-0.25, -0.2) is 0 Å². The third-order valence-corrected chi connectivity index (χ3v) is 3.82. The summed E-state index contributed by atoms with van der Waals surface area (Å²) in [5.41, 5.74) is 4.14. The number of phenols is 1. The third kappa shape index (κ3) is 4.07. The van der Waals surface area contributed by atoms with Gasteiger partial charge in [0, 0.05) is 12.1 Å². The van der Waals surface area contributed by atoms with Gasteiger partial charge in [-0.3, -0.25) is 0 Å². The summed E-state index contributed by atoms with van der Waals surface area (Å²) in [7, 11) is 0. The molecule has 0 spiro atoms. The fraction of sp³-hybridized carbons (Fsp3) is 0.143. The smallest absolute Gasteiger partial charge is 0.138 e. The Bertz CT molecular complexity index is 814. The van der Waals surface area contributed by atoms with Gasteiger partial charge in [0.25, 0.3) is 0 Å². The Morgan fingerprint density at radius 1 is 0.917 bits per heavy atom. The number of benzene rings is 3. The van der Waals surface area contributed by atoms with Crippen LogP contribution in [0.1, 0.15) is 16.7 Å². The molecule has 0 saturated heterocycles. The Labute approximate surface area is 142 Å². The number of anilines is 1. The van der Waals surface area contributed by atoms with Crippen molar-refractivity contribution in [2.24, 2.45) is 0 Å². The van der Waals surface area contributed by atoms with Crippen LogP contribution in [0.5, 0.6) is 11.5 Å². The number of phenolic OH excluding ortho intramolecular Hbond substituents is 1. The molecule has 0 unspecified atom stereocenters. The molecule has 0 amide bonds. The highest BCUT2D eigenvalue weighted by Crippen LogP contribution is 2.25. The van der Waals surface area contributed by atoms with Crippen molar-refractivity contribution in [2.45, 2.75) is 20.1 Å². The van der Waals surface area contributed by atoms with Gasteiger partial charge in [0.2, 0.25) is 0 Å². The van der Waals surface area contributed by atoms with Crippen molar-refractivity contribution in [3.05, 3.63) is 89.5 Å². The molecule has 3 aromatic rings. The molecule has 0 atom stereocenters. The summed E-state index contributed by atoms with van der Waals surface area (Å²) >= 11 is 0. The fourth-order valence-corrected chi connectivity index (χ4v) is 2.57. The van der Waals surface area contributed by atoms with E-state index in [4.69, 9.17) is 4.74 Å². The summed E-state index contributed by atoms with van der Waals surface area (Å²) in [6.07, 6.45) is 0. The number of ether oxygens (including phenoxy) is 1. The largest absolute Gasteiger partial charge is 0.506 e.